The molecule has 1 aliphatic heterocycles. The topological polar surface area (TPSA) is 92.3 Å². The molecule has 0 bridgehead atoms. The lowest BCUT2D eigenvalue weighted by Gasteiger charge is -2.32. The number of nitrogens with one attached hydrogen (secondary N) is 1. The summed E-state index contributed by atoms with van der Waals surface area (Å²) >= 11 is 0. The van der Waals surface area contributed by atoms with Crippen LogP contribution < -0.4 is 5.32 Å². The summed E-state index contributed by atoms with van der Waals surface area (Å²) in [4.78, 5) is 25.9. The van der Waals surface area contributed by atoms with Crippen LogP contribution in [0.2, 0.25) is 0 Å². The van der Waals surface area contributed by atoms with Gasteiger partial charge in [0.15, 0.2) is 17.4 Å². The van der Waals surface area contributed by atoms with E-state index >= 15 is 0 Å². The Morgan fingerprint density at radius 1 is 1.07 bits per heavy atom. The minimum Gasteiger partial charge on any atom is -0.458 e. The molecule has 1 fully saturated rings. The molecule has 0 aromatic carbocycles. The Kier molecular flexibility index (Phi) is 5.06. The maximum absolute atomic E-state index is 12.7. The standard InChI is InChI=1S/C20H25N7O2/c1-13-11-14(2)27(24-13)18-12-17(21-19(23-18)16-6-5-15(3)29-16)22-20(28)26-9-7-25(4)8-10-26/h5-6,11-12H,7-10H2,1-4H3,(H,21,22,23,28). The summed E-state index contributed by atoms with van der Waals surface area (Å²) in [5.41, 5.74) is 1.83. The predicted octanol–water partition coefficient (Wildman–Crippen LogP) is 2.63. The van der Waals surface area contributed by atoms with E-state index < -0.39 is 0 Å². The van der Waals surface area contributed by atoms with E-state index in [4.69, 9.17) is 4.42 Å². The lowest BCUT2D eigenvalue weighted by molar-refractivity contribution is 0.164. The molecule has 4 heterocycles. The van der Waals surface area contributed by atoms with Crippen LogP contribution in [0.15, 0.2) is 28.7 Å². The van der Waals surface area contributed by atoms with Crippen molar-refractivity contribution >= 4 is 11.8 Å². The average molecular weight is 395 g/mol. The normalized spacial score (nSPS) is 15.0. The first-order chi connectivity index (χ1) is 13.9. The number of piperazine rings is 1. The number of aromatic nitrogens is 4. The highest BCUT2D eigenvalue weighted by atomic mass is 16.3. The third kappa shape index (κ3) is 4.14. The highest BCUT2D eigenvalue weighted by Crippen LogP contribution is 2.23. The van der Waals surface area contributed by atoms with Gasteiger partial charge in [0.25, 0.3) is 0 Å². The molecule has 2 amide bonds. The molecule has 0 saturated carbocycles. The SMILES string of the molecule is Cc1cc(C)n(-c2cc(NC(=O)N3CCN(C)CC3)nc(-c3ccc(C)o3)n2)n1. The van der Waals surface area contributed by atoms with Gasteiger partial charge >= 0.3 is 6.03 Å². The molecule has 29 heavy (non-hydrogen) atoms. The van der Waals surface area contributed by atoms with Gasteiger partial charge in [-0.15, -0.1) is 0 Å². The van der Waals surface area contributed by atoms with Crippen LogP contribution in [0.25, 0.3) is 17.4 Å². The molecule has 0 atom stereocenters. The molecular weight excluding hydrogens is 370 g/mol. The van der Waals surface area contributed by atoms with Crippen LogP contribution in [0, 0.1) is 20.8 Å². The van der Waals surface area contributed by atoms with E-state index in [1.54, 1.807) is 15.6 Å². The molecule has 0 spiro atoms. The highest BCUT2D eigenvalue weighted by Gasteiger charge is 2.21. The Bertz CT molecular complexity index is 1030. The number of anilines is 1. The number of carbonyl (C=O) groups excluding carboxylic acids is 1. The maximum Gasteiger partial charge on any atom is 0.323 e. The molecule has 3 aromatic heterocycles. The molecule has 0 radical (unpaired) electrons. The van der Waals surface area contributed by atoms with Gasteiger partial charge in [-0.1, -0.05) is 0 Å². The van der Waals surface area contributed by atoms with E-state index in [1.165, 1.54) is 0 Å². The van der Waals surface area contributed by atoms with Crippen molar-refractivity contribution in [3.63, 3.8) is 0 Å². The van der Waals surface area contributed by atoms with Crippen molar-refractivity contribution in [1.29, 1.82) is 0 Å². The maximum atomic E-state index is 12.7. The van der Waals surface area contributed by atoms with E-state index in [1.807, 2.05) is 39.0 Å². The number of nitrogens with zero attached hydrogens (tertiary/aromatic N) is 6. The smallest absolute Gasteiger partial charge is 0.323 e. The third-order valence-electron chi connectivity index (χ3n) is 4.93. The van der Waals surface area contributed by atoms with E-state index in [0.29, 0.717) is 36.3 Å². The number of furan rings is 1. The molecule has 9 nitrogen and oxygen atoms in total. The first-order valence-corrected chi connectivity index (χ1v) is 9.63. The van der Waals surface area contributed by atoms with Crippen molar-refractivity contribution < 1.29 is 9.21 Å². The summed E-state index contributed by atoms with van der Waals surface area (Å²) in [6.45, 7) is 8.82. The number of hydrogen-bond acceptors (Lipinski definition) is 6. The molecular formula is C20H25N7O2. The van der Waals surface area contributed by atoms with Gasteiger partial charge in [0.1, 0.15) is 11.6 Å². The van der Waals surface area contributed by atoms with Gasteiger partial charge in [-0.25, -0.2) is 19.4 Å². The average Bonchev–Trinajstić information content (AvgIpc) is 3.27. The lowest BCUT2D eigenvalue weighted by atomic mass is 10.3. The summed E-state index contributed by atoms with van der Waals surface area (Å²) in [5.74, 6) is 2.69. The van der Waals surface area contributed by atoms with Crippen molar-refractivity contribution in [2.45, 2.75) is 20.8 Å². The summed E-state index contributed by atoms with van der Waals surface area (Å²) in [5, 5.41) is 7.42. The Morgan fingerprint density at radius 3 is 2.45 bits per heavy atom. The first kappa shape index (κ1) is 19.1. The number of amides is 2. The molecule has 4 rings (SSSR count). The molecule has 152 valence electrons. The molecule has 1 aliphatic rings. The number of aryl methyl sites for hydroxylation is 3. The van der Waals surface area contributed by atoms with Gasteiger partial charge in [-0.3, -0.25) is 5.32 Å². The molecule has 0 aliphatic carbocycles. The van der Waals surface area contributed by atoms with Crippen molar-refractivity contribution in [2.75, 3.05) is 38.5 Å². The van der Waals surface area contributed by atoms with Crippen LogP contribution in [-0.4, -0.2) is 68.8 Å². The quantitative estimate of drug-likeness (QED) is 0.733. The van der Waals surface area contributed by atoms with E-state index in [2.05, 4.69) is 32.3 Å². The monoisotopic (exact) mass is 395 g/mol. The van der Waals surface area contributed by atoms with Gasteiger partial charge in [-0.2, -0.15) is 5.10 Å². The van der Waals surface area contributed by atoms with E-state index in [-0.39, 0.29) is 6.03 Å². The van der Waals surface area contributed by atoms with E-state index in [0.717, 1.165) is 30.2 Å². The Balaban J connectivity index is 1.68. The second-order valence-corrected chi connectivity index (χ2v) is 7.40. The van der Waals surface area contributed by atoms with Crippen molar-refractivity contribution in [3.8, 4) is 17.4 Å². The minimum absolute atomic E-state index is 0.169. The first-order valence-electron chi connectivity index (χ1n) is 9.63. The number of hydrogen-bond donors (Lipinski definition) is 1. The van der Waals surface area contributed by atoms with Crippen LogP contribution in [-0.2, 0) is 0 Å². The van der Waals surface area contributed by atoms with Crippen LogP contribution in [0.4, 0.5) is 10.6 Å². The number of carbonyl (C=O) groups is 1. The zero-order valence-electron chi connectivity index (χ0n) is 17.1. The van der Waals surface area contributed by atoms with Gasteiger partial charge in [-0.05, 0) is 46.0 Å². The lowest BCUT2D eigenvalue weighted by Crippen LogP contribution is -2.48. The van der Waals surface area contributed by atoms with Gasteiger partial charge in [0.2, 0.25) is 0 Å². The number of rotatable bonds is 3. The largest absolute Gasteiger partial charge is 0.458 e. The Hall–Kier alpha value is -3.20. The Labute approximate surface area is 169 Å². The zero-order chi connectivity index (χ0) is 20.5. The third-order valence-corrected chi connectivity index (χ3v) is 4.93. The van der Waals surface area contributed by atoms with Gasteiger partial charge < -0.3 is 14.2 Å². The molecule has 1 N–H and O–H groups in total. The number of likely N-dealkylation sites (N-methyl/N-ethyl adjacent to an activating group) is 1. The summed E-state index contributed by atoms with van der Waals surface area (Å²) in [6, 6.07) is 7.21. The number of urea groups is 1. The summed E-state index contributed by atoms with van der Waals surface area (Å²) in [6.07, 6.45) is 0. The predicted molar refractivity (Wildman–Crippen MR) is 109 cm³/mol. The van der Waals surface area contributed by atoms with Crippen molar-refractivity contribution in [3.05, 3.63) is 41.4 Å². The fourth-order valence-corrected chi connectivity index (χ4v) is 3.33. The fraction of sp³-hybridized carbons (Fsp3) is 0.400. The molecule has 9 heteroatoms. The molecule has 0 unspecified atom stereocenters. The van der Waals surface area contributed by atoms with Gasteiger partial charge in [0, 0.05) is 37.9 Å². The molecule has 3 aromatic rings. The van der Waals surface area contributed by atoms with Gasteiger partial charge in [0.05, 0.1) is 5.69 Å². The van der Waals surface area contributed by atoms with Crippen molar-refractivity contribution in [1.82, 2.24) is 29.5 Å². The van der Waals surface area contributed by atoms with Crippen LogP contribution in [0.3, 0.4) is 0 Å². The second-order valence-electron chi connectivity index (χ2n) is 7.40. The molecule has 1 saturated heterocycles. The van der Waals surface area contributed by atoms with Crippen LogP contribution in [0.5, 0.6) is 0 Å². The fourth-order valence-electron chi connectivity index (χ4n) is 3.33. The second kappa shape index (κ2) is 7.67. The summed E-state index contributed by atoms with van der Waals surface area (Å²) < 4.78 is 7.44. The van der Waals surface area contributed by atoms with Crippen molar-refractivity contribution in [2.24, 2.45) is 0 Å². The van der Waals surface area contributed by atoms with Crippen LogP contribution in [0.1, 0.15) is 17.1 Å². The van der Waals surface area contributed by atoms with Crippen LogP contribution >= 0.6 is 0 Å². The zero-order valence-corrected chi connectivity index (χ0v) is 17.1. The minimum atomic E-state index is -0.169. The van der Waals surface area contributed by atoms with E-state index in [9.17, 15) is 4.79 Å². The summed E-state index contributed by atoms with van der Waals surface area (Å²) in [7, 11) is 2.05. The highest BCUT2D eigenvalue weighted by molar-refractivity contribution is 5.88. The Morgan fingerprint density at radius 2 is 1.83 bits per heavy atom.